The lowest BCUT2D eigenvalue weighted by Gasteiger charge is -2.36. The predicted octanol–water partition coefficient (Wildman–Crippen LogP) is 3.43. The van der Waals surface area contributed by atoms with Crippen LogP contribution in [0.25, 0.3) is 21.9 Å². The van der Waals surface area contributed by atoms with Gasteiger partial charge in [0.2, 0.25) is 5.95 Å². The molecule has 2 saturated carbocycles. The first-order valence-electron chi connectivity index (χ1n) is 14.1. The summed E-state index contributed by atoms with van der Waals surface area (Å²) in [5, 5.41) is 12.3. The summed E-state index contributed by atoms with van der Waals surface area (Å²) in [5.41, 5.74) is 10.7. The van der Waals surface area contributed by atoms with Crippen molar-refractivity contribution < 1.29 is 4.79 Å². The molecule has 4 aromatic rings. The van der Waals surface area contributed by atoms with Crippen LogP contribution in [0.4, 0.5) is 11.8 Å². The number of nitrogens with two attached hydrogens (primary N) is 1. The number of anilines is 2. The molecule has 0 radical (unpaired) electrons. The van der Waals surface area contributed by atoms with Crippen LogP contribution >= 0.6 is 0 Å². The summed E-state index contributed by atoms with van der Waals surface area (Å²) < 4.78 is 1.90. The summed E-state index contributed by atoms with van der Waals surface area (Å²) in [7, 11) is 2.12. The van der Waals surface area contributed by atoms with Crippen LogP contribution < -0.4 is 16.4 Å². The molecule has 7 rings (SSSR count). The van der Waals surface area contributed by atoms with Gasteiger partial charge in [-0.2, -0.15) is 10.1 Å². The summed E-state index contributed by atoms with van der Waals surface area (Å²) in [6.45, 7) is 3.35. The number of rotatable bonds is 7. The Balaban J connectivity index is 1.15. The Bertz CT molecular complexity index is 1540. The van der Waals surface area contributed by atoms with Crippen LogP contribution in [0.2, 0.25) is 0 Å². The molecule has 10 heteroatoms. The molecule has 3 aliphatic rings. The lowest BCUT2D eigenvalue weighted by Crippen LogP contribution is -2.43. The molecule has 3 fully saturated rings. The molecule has 0 unspecified atom stereocenters. The summed E-state index contributed by atoms with van der Waals surface area (Å²) in [6.07, 6.45) is 10.8. The van der Waals surface area contributed by atoms with E-state index in [0.29, 0.717) is 29.0 Å². The molecule has 0 atom stereocenters. The summed E-state index contributed by atoms with van der Waals surface area (Å²) in [4.78, 5) is 29.2. The van der Waals surface area contributed by atoms with Gasteiger partial charge in [0.1, 0.15) is 11.0 Å². The van der Waals surface area contributed by atoms with Gasteiger partial charge in [0.25, 0.3) is 5.91 Å². The van der Waals surface area contributed by atoms with Crippen LogP contribution in [0.15, 0.2) is 36.7 Å². The van der Waals surface area contributed by atoms with E-state index >= 15 is 0 Å². The van der Waals surface area contributed by atoms with Crippen molar-refractivity contribution in [1.82, 2.24) is 34.9 Å². The maximum absolute atomic E-state index is 13.3. The molecule has 2 aliphatic carbocycles. The molecule has 1 amide bonds. The zero-order valence-electron chi connectivity index (χ0n) is 22.4. The number of aromatic nitrogens is 5. The Labute approximate surface area is 227 Å². The molecule has 39 heavy (non-hydrogen) atoms. The Morgan fingerprint density at radius 1 is 1.15 bits per heavy atom. The smallest absolute Gasteiger partial charge is 0.252 e. The molecule has 10 nitrogen and oxygen atoms in total. The number of piperidine rings is 1. The van der Waals surface area contributed by atoms with E-state index in [-0.39, 0.29) is 17.9 Å². The first-order chi connectivity index (χ1) is 19.0. The third-order valence-electron chi connectivity index (χ3n) is 8.94. The second kappa shape index (κ2) is 9.44. The fourth-order valence-corrected chi connectivity index (χ4v) is 6.53. The van der Waals surface area contributed by atoms with E-state index in [1.165, 1.54) is 25.7 Å². The van der Waals surface area contributed by atoms with Crippen LogP contribution in [0.5, 0.6) is 0 Å². The predicted molar refractivity (Wildman–Crippen MR) is 151 cm³/mol. The number of carbonyl (C=O) groups is 1. The van der Waals surface area contributed by atoms with E-state index in [1.54, 1.807) is 12.4 Å². The molecular weight excluding hydrogens is 490 g/mol. The SMILES string of the molecule is CN1CCC(NC(=O)c2ccc(Cn3ncc4nc(N)nc(NCC5CC6(CC6)C5)c43)c3ncccc23)CC1. The Hall–Kier alpha value is -3.79. The molecule has 1 spiro atoms. The molecule has 0 bridgehead atoms. The van der Waals surface area contributed by atoms with Crippen LogP contribution in [-0.4, -0.2) is 68.3 Å². The van der Waals surface area contributed by atoms with E-state index in [9.17, 15) is 4.79 Å². The third kappa shape index (κ3) is 4.67. The summed E-state index contributed by atoms with van der Waals surface area (Å²) in [6, 6.07) is 7.95. The molecule has 1 aliphatic heterocycles. The van der Waals surface area contributed by atoms with Crippen LogP contribution in [0.3, 0.4) is 0 Å². The van der Waals surface area contributed by atoms with Crippen molar-refractivity contribution in [2.75, 3.05) is 37.7 Å². The number of amides is 1. The number of likely N-dealkylation sites (tertiary alicyclic amines) is 1. The normalized spacial score (nSPS) is 19.4. The molecule has 1 aromatic carbocycles. The highest BCUT2D eigenvalue weighted by Gasteiger charge is 2.52. The quantitative estimate of drug-likeness (QED) is 0.335. The van der Waals surface area contributed by atoms with E-state index in [0.717, 1.165) is 60.3 Å². The number of hydrogen-bond acceptors (Lipinski definition) is 8. The van der Waals surface area contributed by atoms with E-state index in [1.807, 2.05) is 28.9 Å². The highest BCUT2D eigenvalue weighted by atomic mass is 16.1. The van der Waals surface area contributed by atoms with Crippen LogP contribution in [0, 0.1) is 11.3 Å². The molecule has 4 heterocycles. The minimum Gasteiger partial charge on any atom is -0.368 e. The van der Waals surface area contributed by atoms with Gasteiger partial charge in [-0.25, -0.2) is 4.98 Å². The van der Waals surface area contributed by atoms with Crippen molar-refractivity contribution in [3.05, 3.63) is 47.8 Å². The van der Waals surface area contributed by atoms with Gasteiger partial charge in [0.05, 0.1) is 18.3 Å². The van der Waals surface area contributed by atoms with Crippen LogP contribution in [-0.2, 0) is 6.54 Å². The number of nitrogens with one attached hydrogen (secondary N) is 2. The van der Waals surface area contributed by atoms with Crippen molar-refractivity contribution in [3.63, 3.8) is 0 Å². The van der Waals surface area contributed by atoms with Gasteiger partial charge in [-0.3, -0.25) is 14.5 Å². The van der Waals surface area contributed by atoms with E-state index in [2.05, 4.69) is 42.6 Å². The van der Waals surface area contributed by atoms with Gasteiger partial charge in [0, 0.05) is 29.7 Å². The number of pyridine rings is 1. The van der Waals surface area contributed by atoms with Gasteiger partial charge in [-0.15, -0.1) is 0 Å². The summed E-state index contributed by atoms with van der Waals surface area (Å²) in [5.74, 6) is 1.59. The van der Waals surface area contributed by atoms with Gasteiger partial charge >= 0.3 is 0 Å². The number of benzene rings is 1. The second-order valence-electron chi connectivity index (χ2n) is 11.8. The maximum Gasteiger partial charge on any atom is 0.252 e. The van der Waals surface area contributed by atoms with Gasteiger partial charge in [-0.05, 0) is 87.7 Å². The average molecular weight is 526 g/mol. The van der Waals surface area contributed by atoms with Crippen molar-refractivity contribution >= 4 is 39.6 Å². The number of nitrogens with zero attached hydrogens (tertiary/aromatic N) is 6. The largest absolute Gasteiger partial charge is 0.368 e. The van der Waals surface area contributed by atoms with Crippen molar-refractivity contribution in [3.8, 4) is 0 Å². The van der Waals surface area contributed by atoms with Crippen molar-refractivity contribution in [1.29, 1.82) is 0 Å². The molecule has 1 saturated heterocycles. The standard InChI is InChI=1S/C29H35N9O/c1-37-11-6-20(7-12-37)34-27(39)22-5-4-19(24-21(22)3-2-10-31-24)17-38-25-23(16-33-38)35-28(30)36-26(25)32-15-18-13-29(14-18)8-9-29/h2-5,10,16,18,20H,6-9,11-15,17H2,1H3,(H,34,39)(H3,30,32,35,36). The highest BCUT2D eigenvalue weighted by Crippen LogP contribution is 2.63. The second-order valence-corrected chi connectivity index (χ2v) is 11.8. The van der Waals surface area contributed by atoms with Crippen molar-refractivity contribution in [2.24, 2.45) is 11.3 Å². The minimum absolute atomic E-state index is 0.0435. The zero-order chi connectivity index (χ0) is 26.6. The fraction of sp³-hybridized carbons (Fsp3) is 0.483. The Kier molecular flexibility index (Phi) is 5.88. The highest BCUT2D eigenvalue weighted by molar-refractivity contribution is 6.07. The summed E-state index contributed by atoms with van der Waals surface area (Å²) >= 11 is 0. The Morgan fingerprint density at radius 3 is 2.77 bits per heavy atom. The number of carbonyl (C=O) groups excluding carboxylic acids is 1. The topological polar surface area (TPSA) is 127 Å². The minimum atomic E-state index is -0.0435. The van der Waals surface area contributed by atoms with Crippen LogP contribution in [0.1, 0.15) is 54.4 Å². The fourth-order valence-electron chi connectivity index (χ4n) is 6.53. The molecule has 4 N–H and O–H groups in total. The zero-order valence-corrected chi connectivity index (χ0v) is 22.4. The molecular formula is C29H35N9O. The van der Waals surface area contributed by atoms with Gasteiger partial charge < -0.3 is 21.3 Å². The Morgan fingerprint density at radius 2 is 1.97 bits per heavy atom. The van der Waals surface area contributed by atoms with Crippen molar-refractivity contribution in [2.45, 2.75) is 51.1 Å². The number of nitrogen functional groups attached to an aromatic ring is 1. The average Bonchev–Trinajstić information content (AvgIpc) is 3.62. The number of fused-ring (bicyclic) bond motifs is 2. The van der Waals surface area contributed by atoms with E-state index < -0.39 is 0 Å². The monoisotopic (exact) mass is 525 g/mol. The van der Waals surface area contributed by atoms with E-state index in [4.69, 9.17) is 5.73 Å². The lowest BCUT2D eigenvalue weighted by atomic mass is 9.72. The third-order valence-corrected chi connectivity index (χ3v) is 8.94. The van der Waals surface area contributed by atoms with Gasteiger partial charge in [0.15, 0.2) is 5.82 Å². The maximum atomic E-state index is 13.3. The van der Waals surface area contributed by atoms with Gasteiger partial charge in [-0.1, -0.05) is 12.1 Å². The lowest BCUT2D eigenvalue weighted by molar-refractivity contribution is 0.0918. The molecule has 202 valence electrons. The first-order valence-corrected chi connectivity index (χ1v) is 14.1. The molecule has 3 aromatic heterocycles. The number of hydrogen-bond donors (Lipinski definition) is 3. The first kappa shape index (κ1) is 24.3.